The van der Waals surface area contributed by atoms with Gasteiger partial charge < -0.3 is 15.2 Å². The first-order chi connectivity index (χ1) is 10.0. The third kappa shape index (κ3) is 5.21. The van der Waals surface area contributed by atoms with Crippen molar-refractivity contribution >= 4 is 40.4 Å². The van der Waals surface area contributed by atoms with Gasteiger partial charge in [0, 0.05) is 16.6 Å². The molecule has 0 aliphatic rings. The molecule has 0 aliphatic carbocycles. The lowest BCUT2D eigenvalue weighted by Crippen LogP contribution is -2.32. The predicted molar refractivity (Wildman–Crippen MR) is 84.2 cm³/mol. The van der Waals surface area contributed by atoms with E-state index in [0.29, 0.717) is 15.8 Å². The topological polar surface area (TPSA) is 58.6 Å². The normalized spacial score (nSPS) is 12.0. The molecule has 0 bridgehead atoms. The lowest BCUT2D eigenvalue weighted by molar-refractivity contribution is -0.123. The second-order valence-corrected chi connectivity index (χ2v) is 5.92. The standard InChI is InChI=1S/C14H13Cl2NO3S/c15-10-3-11(16)5-12(4-10)20-7-14(19)17-6-13(18)9-1-2-21-8-9/h1-5,8,13,18H,6-7H2,(H,17,19). The van der Waals surface area contributed by atoms with E-state index in [1.807, 2.05) is 16.8 Å². The molecule has 0 spiro atoms. The fraction of sp³-hybridized carbons (Fsp3) is 0.214. The summed E-state index contributed by atoms with van der Waals surface area (Å²) in [6.07, 6.45) is -0.721. The number of ether oxygens (including phenoxy) is 1. The Hall–Kier alpha value is -1.27. The fourth-order valence-corrected chi connectivity index (χ4v) is 2.82. The number of rotatable bonds is 6. The summed E-state index contributed by atoms with van der Waals surface area (Å²) in [4.78, 5) is 11.6. The third-order valence-corrected chi connectivity index (χ3v) is 3.76. The molecule has 7 heteroatoms. The van der Waals surface area contributed by atoms with Gasteiger partial charge in [0.2, 0.25) is 0 Å². The summed E-state index contributed by atoms with van der Waals surface area (Å²) in [5.74, 6) is 0.0846. The molecule has 112 valence electrons. The van der Waals surface area contributed by atoms with Crippen molar-refractivity contribution < 1.29 is 14.6 Å². The van der Waals surface area contributed by atoms with Crippen LogP contribution in [0.1, 0.15) is 11.7 Å². The van der Waals surface area contributed by atoms with Crippen molar-refractivity contribution in [2.24, 2.45) is 0 Å². The lowest BCUT2D eigenvalue weighted by Gasteiger charge is -2.11. The van der Waals surface area contributed by atoms with Gasteiger partial charge in [-0.1, -0.05) is 23.2 Å². The molecule has 0 radical (unpaired) electrons. The van der Waals surface area contributed by atoms with E-state index in [-0.39, 0.29) is 19.1 Å². The summed E-state index contributed by atoms with van der Waals surface area (Å²) >= 11 is 13.1. The van der Waals surface area contributed by atoms with Crippen LogP contribution in [0.25, 0.3) is 0 Å². The van der Waals surface area contributed by atoms with Crippen LogP contribution in [0.15, 0.2) is 35.0 Å². The van der Waals surface area contributed by atoms with Gasteiger partial charge in [0.1, 0.15) is 5.75 Å². The zero-order chi connectivity index (χ0) is 15.2. The highest BCUT2D eigenvalue weighted by Gasteiger charge is 2.10. The Kier molecular flexibility index (Phi) is 5.87. The van der Waals surface area contributed by atoms with Gasteiger partial charge in [-0.2, -0.15) is 11.3 Å². The number of aliphatic hydroxyl groups excluding tert-OH is 1. The molecule has 0 fully saturated rings. The molecule has 1 aromatic heterocycles. The average molecular weight is 346 g/mol. The smallest absolute Gasteiger partial charge is 0.258 e. The lowest BCUT2D eigenvalue weighted by atomic mass is 10.2. The maximum atomic E-state index is 11.6. The molecule has 4 nitrogen and oxygen atoms in total. The molecule has 0 aliphatic heterocycles. The van der Waals surface area contributed by atoms with Crippen molar-refractivity contribution in [2.45, 2.75) is 6.10 Å². The van der Waals surface area contributed by atoms with E-state index in [2.05, 4.69) is 5.32 Å². The van der Waals surface area contributed by atoms with E-state index in [0.717, 1.165) is 5.56 Å². The van der Waals surface area contributed by atoms with Gasteiger partial charge in [0.15, 0.2) is 6.61 Å². The van der Waals surface area contributed by atoms with Gasteiger partial charge in [-0.05, 0) is 40.6 Å². The molecule has 2 N–H and O–H groups in total. The maximum Gasteiger partial charge on any atom is 0.258 e. The van der Waals surface area contributed by atoms with Crippen molar-refractivity contribution in [3.8, 4) is 5.75 Å². The minimum Gasteiger partial charge on any atom is -0.484 e. The molecule has 2 aromatic rings. The monoisotopic (exact) mass is 345 g/mol. The van der Waals surface area contributed by atoms with Crippen molar-refractivity contribution in [1.29, 1.82) is 0 Å². The Morgan fingerprint density at radius 3 is 2.67 bits per heavy atom. The zero-order valence-corrected chi connectivity index (χ0v) is 13.2. The molecule has 1 unspecified atom stereocenters. The third-order valence-electron chi connectivity index (χ3n) is 2.63. The molecule has 1 heterocycles. The van der Waals surface area contributed by atoms with E-state index in [1.165, 1.54) is 11.3 Å². The van der Waals surface area contributed by atoms with Gasteiger partial charge in [0.25, 0.3) is 5.91 Å². The van der Waals surface area contributed by atoms with Crippen molar-refractivity contribution in [2.75, 3.05) is 13.2 Å². The van der Waals surface area contributed by atoms with E-state index in [4.69, 9.17) is 27.9 Å². The average Bonchev–Trinajstić information content (AvgIpc) is 2.95. The molecule has 2 rings (SSSR count). The highest BCUT2D eigenvalue weighted by molar-refractivity contribution is 7.07. The number of thiophene rings is 1. The first-order valence-corrected chi connectivity index (χ1v) is 7.80. The molecule has 1 atom stereocenters. The van der Waals surface area contributed by atoms with E-state index in [9.17, 15) is 9.90 Å². The molecule has 1 amide bonds. The zero-order valence-electron chi connectivity index (χ0n) is 10.9. The van der Waals surface area contributed by atoms with Crippen LogP contribution in [0, 0.1) is 0 Å². The van der Waals surface area contributed by atoms with Gasteiger partial charge in [-0.25, -0.2) is 0 Å². The van der Waals surface area contributed by atoms with Crippen LogP contribution < -0.4 is 10.1 Å². The molecule has 0 saturated heterocycles. The van der Waals surface area contributed by atoms with Crippen molar-refractivity contribution in [3.63, 3.8) is 0 Å². The minimum atomic E-state index is -0.721. The highest BCUT2D eigenvalue weighted by atomic mass is 35.5. The van der Waals surface area contributed by atoms with Crippen molar-refractivity contribution in [1.82, 2.24) is 5.32 Å². The molecule has 0 saturated carbocycles. The first kappa shape index (κ1) is 16.1. The summed E-state index contributed by atoms with van der Waals surface area (Å²) in [7, 11) is 0. The van der Waals surface area contributed by atoms with E-state index in [1.54, 1.807) is 18.2 Å². The molecular weight excluding hydrogens is 333 g/mol. The minimum absolute atomic E-state index is 0.134. The van der Waals surface area contributed by atoms with Gasteiger partial charge in [0.05, 0.1) is 6.10 Å². The highest BCUT2D eigenvalue weighted by Crippen LogP contribution is 2.24. The Morgan fingerprint density at radius 2 is 2.05 bits per heavy atom. The Labute approximate surface area is 136 Å². The maximum absolute atomic E-state index is 11.6. The second-order valence-electron chi connectivity index (χ2n) is 4.27. The second kappa shape index (κ2) is 7.66. The summed E-state index contributed by atoms with van der Waals surface area (Å²) in [5.41, 5.74) is 0.780. The number of amides is 1. The van der Waals surface area contributed by atoms with Crippen LogP contribution in [-0.2, 0) is 4.79 Å². The Bertz CT molecular complexity index is 584. The number of hydrogen-bond acceptors (Lipinski definition) is 4. The molecular formula is C14H13Cl2NO3S. The SMILES string of the molecule is O=C(COc1cc(Cl)cc(Cl)c1)NCC(O)c1ccsc1. The van der Waals surface area contributed by atoms with Crippen LogP contribution >= 0.6 is 34.5 Å². The van der Waals surface area contributed by atoms with Crippen LogP contribution in [0.3, 0.4) is 0 Å². The summed E-state index contributed by atoms with van der Waals surface area (Å²) in [6.45, 7) is -0.0394. The number of halogens is 2. The summed E-state index contributed by atoms with van der Waals surface area (Å²) in [5, 5.41) is 17.0. The Morgan fingerprint density at radius 1 is 1.33 bits per heavy atom. The van der Waals surface area contributed by atoms with Crippen LogP contribution in [-0.4, -0.2) is 24.2 Å². The predicted octanol–water partition coefficient (Wildman–Crippen LogP) is 3.28. The largest absolute Gasteiger partial charge is 0.484 e. The number of benzene rings is 1. The number of carbonyl (C=O) groups is 1. The summed E-state index contributed by atoms with van der Waals surface area (Å²) < 4.78 is 5.29. The van der Waals surface area contributed by atoms with Crippen molar-refractivity contribution in [3.05, 3.63) is 50.6 Å². The van der Waals surface area contributed by atoms with Gasteiger partial charge in [-0.15, -0.1) is 0 Å². The van der Waals surface area contributed by atoms with Gasteiger partial charge >= 0.3 is 0 Å². The first-order valence-electron chi connectivity index (χ1n) is 6.10. The van der Waals surface area contributed by atoms with E-state index >= 15 is 0 Å². The van der Waals surface area contributed by atoms with Crippen LogP contribution in [0.4, 0.5) is 0 Å². The number of hydrogen-bond donors (Lipinski definition) is 2. The number of aliphatic hydroxyl groups is 1. The number of nitrogens with one attached hydrogen (secondary N) is 1. The molecule has 1 aromatic carbocycles. The van der Waals surface area contributed by atoms with Crippen LogP contribution in [0.5, 0.6) is 5.75 Å². The number of carbonyl (C=O) groups excluding carboxylic acids is 1. The quantitative estimate of drug-likeness (QED) is 0.844. The van der Waals surface area contributed by atoms with E-state index < -0.39 is 6.10 Å². The fourth-order valence-electron chi connectivity index (χ4n) is 1.60. The summed E-state index contributed by atoms with van der Waals surface area (Å²) in [6, 6.07) is 6.53. The Balaban J connectivity index is 1.77. The molecule has 21 heavy (non-hydrogen) atoms. The van der Waals surface area contributed by atoms with Crippen LogP contribution in [0.2, 0.25) is 10.0 Å². The van der Waals surface area contributed by atoms with Gasteiger partial charge in [-0.3, -0.25) is 4.79 Å².